The second kappa shape index (κ2) is 7.44. The number of nitrogens with zero attached hydrogens (tertiary/aromatic N) is 1. The molecule has 1 heterocycles. The van der Waals surface area contributed by atoms with E-state index >= 15 is 0 Å². The van der Waals surface area contributed by atoms with Crippen molar-refractivity contribution in [1.82, 2.24) is 4.90 Å². The van der Waals surface area contributed by atoms with Crippen molar-refractivity contribution in [2.75, 3.05) is 31.6 Å². The molecule has 0 spiro atoms. The number of carbonyl (C=O) groups excluding carboxylic acids is 1. The second-order valence-electron chi connectivity index (χ2n) is 6.23. The van der Waals surface area contributed by atoms with Crippen LogP contribution in [0.15, 0.2) is 24.3 Å². The molecule has 2 aliphatic rings. The molecule has 1 saturated heterocycles. The molecule has 1 aromatic carbocycles. The van der Waals surface area contributed by atoms with Crippen molar-refractivity contribution in [1.29, 1.82) is 0 Å². The first-order chi connectivity index (χ1) is 10.7. The molecule has 1 aliphatic carbocycles. The van der Waals surface area contributed by atoms with Gasteiger partial charge in [-0.2, -0.15) is 0 Å². The highest BCUT2D eigenvalue weighted by atomic mass is 35.5. The largest absolute Gasteiger partial charge is 0.381 e. The highest BCUT2D eigenvalue weighted by Crippen LogP contribution is 2.29. The zero-order chi connectivity index (χ0) is 15.4. The fourth-order valence-electron chi connectivity index (χ4n) is 2.94. The average molecular weight is 323 g/mol. The predicted octanol–water partition coefficient (Wildman–Crippen LogP) is 3.17. The molecule has 0 aromatic heterocycles. The third-order valence-corrected chi connectivity index (χ3v) is 4.68. The van der Waals surface area contributed by atoms with Gasteiger partial charge in [-0.25, -0.2) is 0 Å². The standard InChI is InChI=1S/C17H23ClN2O2/c18-15-3-1-2-4-16(15)19-17(21)7-9-20(14-5-6-14)11-13-8-10-22-12-13/h1-4,13-14H,5-12H2,(H,19,21). The van der Waals surface area contributed by atoms with Crippen molar-refractivity contribution in [2.24, 2.45) is 5.92 Å². The van der Waals surface area contributed by atoms with Gasteiger partial charge in [0.2, 0.25) is 5.91 Å². The highest BCUT2D eigenvalue weighted by Gasteiger charge is 2.31. The molecule has 1 atom stereocenters. The molecule has 5 heteroatoms. The maximum Gasteiger partial charge on any atom is 0.225 e. The first kappa shape index (κ1) is 15.8. The number of hydrogen-bond acceptors (Lipinski definition) is 3. The Bertz CT molecular complexity index is 513. The van der Waals surface area contributed by atoms with E-state index in [-0.39, 0.29) is 5.91 Å². The number of benzene rings is 1. The summed E-state index contributed by atoms with van der Waals surface area (Å²) in [4.78, 5) is 14.6. The Hall–Kier alpha value is -1.10. The number of hydrogen-bond donors (Lipinski definition) is 1. The smallest absolute Gasteiger partial charge is 0.225 e. The monoisotopic (exact) mass is 322 g/mol. The molecule has 4 nitrogen and oxygen atoms in total. The Morgan fingerprint density at radius 2 is 2.14 bits per heavy atom. The van der Waals surface area contributed by atoms with Crippen LogP contribution in [0.2, 0.25) is 5.02 Å². The summed E-state index contributed by atoms with van der Waals surface area (Å²) in [5, 5.41) is 3.48. The normalized spacial score (nSPS) is 21.3. The van der Waals surface area contributed by atoms with E-state index in [9.17, 15) is 4.79 Å². The van der Waals surface area contributed by atoms with E-state index in [1.54, 1.807) is 6.07 Å². The van der Waals surface area contributed by atoms with Gasteiger partial charge in [-0.05, 0) is 37.3 Å². The number of para-hydroxylation sites is 1. The van der Waals surface area contributed by atoms with Gasteiger partial charge in [0.1, 0.15) is 0 Å². The van der Waals surface area contributed by atoms with Crippen LogP contribution < -0.4 is 5.32 Å². The van der Waals surface area contributed by atoms with Gasteiger partial charge in [-0.1, -0.05) is 23.7 Å². The highest BCUT2D eigenvalue weighted by molar-refractivity contribution is 6.33. The van der Waals surface area contributed by atoms with Crippen LogP contribution in [0.25, 0.3) is 0 Å². The summed E-state index contributed by atoms with van der Waals surface area (Å²) in [5.41, 5.74) is 0.691. The summed E-state index contributed by atoms with van der Waals surface area (Å²) in [6, 6.07) is 8.02. The molecule has 1 amide bonds. The number of rotatable bonds is 7. The maximum atomic E-state index is 12.1. The van der Waals surface area contributed by atoms with E-state index in [1.807, 2.05) is 18.2 Å². The first-order valence-electron chi connectivity index (χ1n) is 8.08. The van der Waals surface area contributed by atoms with E-state index in [2.05, 4.69) is 10.2 Å². The third kappa shape index (κ3) is 4.45. The minimum Gasteiger partial charge on any atom is -0.381 e. The van der Waals surface area contributed by atoms with Gasteiger partial charge < -0.3 is 10.1 Å². The second-order valence-corrected chi connectivity index (χ2v) is 6.64. The Balaban J connectivity index is 1.47. The molecule has 120 valence electrons. The number of carbonyl (C=O) groups is 1. The number of halogens is 1. The van der Waals surface area contributed by atoms with Gasteiger partial charge >= 0.3 is 0 Å². The summed E-state index contributed by atoms with van der Waals surface area (Å²) in [5.74, 6) is 0.661. The number of amides is 1. The summed E-state index contributed by atoms with van der Waals surface area (Å²) < 4.78 is 5.46. The molecule has 3 rings (SSSR count). The summed E-state index contributed by atoms with van der Waals surface area (Å²) >= 11 is 6.07. The van der Waals surface area contributed by atoms with E-state index in [4.69, 9.17) is 16.3 Å². The van der Waals surface area contributed by atoms with Gasteiger partial charge in [0, 0.05) is 32.2 Å². The molecule has 22 heavy (non-hydrogen) atoms. The lowest BCUT2D eigenvalue weighted by Gasteiger charge is -2.24. The van der Waals surface area contributed by atoms with Crippen molar-refractivity contribution in [2.45, 2.75) is 31.7 Å². The lowest BCUT2D eigenvalue weighted by Crippen LogP contribution is -2.34. The quantitative estimate of drug-likeness (QED) is 0.838. The van der Waals surface area contributed by atoms with Crippen LogP contribution in [-0.2, 0) is 9.53 Å². The molecule has 1 aliphatic heterocycles. The molecule has 1 N–H and O–H groups in total. The van der Waals surface area contributed by atoms with Crippen LogP contribution >= 0.6 is 11.6 Å². The van der Waals surface area contributed by atoms with Gasteiger partial charge in [-0.15, -0.1) is 0 Å². The van der Waals surface area contributed by atoms with Crippen LogP contribution in [0.1, 0.15) is 25.7 Å². The lowest BCUT2D eigenvalue weighted by molar-refractivity contribution is -0.116. The molecular weight excluding hydrogens is 300 g/mol. The molecule has 1 aromatic rings. The van der Waals surface area contributed by atoms with Gasteiger partial charge in [0.25, 0.3) is 0 Å². The van der Waals surface area contributed by atoms with E-state index < -0.39 is 0 Å². The fourth-order valence-corrected chi connectivity index (χ4v) is 3.13. The van der Waals surface area contributed by atoms with Crippen molar-refractivity contribution in [3.8, 4) is 0 Å². The van der Waals surface area contributed by atoms with Crippen molar-refractivity contribution in [3.63, 3.8) is 0 Å². The number of anilines is 1. The number of nitrogens with one attached hydrogen (secondary N) is 1. The topological polar surface area (TPSA) is 41.6 Å². The van der Waals surface area contributed by atoms with Crippen LogP contribution in [0, 0.1) is 5.92 Å². The average Bonchev–Trinajstić information content (AvgIpc) is 3.23. The molecular formula is C17H23ClN2O2. The Morgan fingerprint density at radius 1 is 1.32 bits per heavy atom. The van der Waals surface area contributed by atoms with Gasteiger partial charge in [0.15, 0.2) is 0 Å². The summed E-state index contributed by atoms with van der Waals surface area (Å²) in [6.45, 7) is 3.63. The van der Waals surface area contributed by atoms with Gasteiger partial charge in [-0.3, -0.25) is 9.69 Å². The maximum absolute atomic E-state index is 12.1. The Labute approximate surface area is 136 Å². The van der Waals surface area contributed by atoms with Crippen molar-refractivity contribution < 1.29 is 9.53 Å². The van der Waals surface area contributed by atoms with E-state index in [0.29, 0.717) is 29.1 Å². The molecule has 1 unspecified atom stereocenters. The van der Waals surface area contributed by atoms with E-state index in [1.165, 1.54) is 12.8 Å². The van der Waals surface area contributed by atoms with Crippen LogP contribution in [0.4, 0.5) is 5.69 Å². The predicted molar refractivity (Wildman–Crippen MR) is 88.2 cm³/mol. The Kier molecular flexibility index (Phi) is 5.34. The Morgan fingerprint density at radius 3 is 2.82 bits per heavy atom. The van der Waals surface area contributed by atoms with E-state index in [0.717, 1.165) is 32.7 Å². The van der Waals surface area contributed by atoms with Crippen LogP contribution in [0.5, 0.6) is 0 Å². The first-order valence-corrected chi connectivity index (χ1v) is 8.46. The van der Waals surface area contributed by atoms with Gasteiger partial charge in [0.05, 0.1) is 17.3 Å². The van der Waals surface area contributed by atoms with Crippen molar-refractivity contribution >= 4 is 23.2 Å². The number of ether oxygens (including phenoxy) is 1. The zero-order valence-electron chi connectivity index (χ0n) is 12.8. The van der Waals surface area contributed by atoms with Crippen molar-refractivity contribution in [3.05, 3.63) is 29.3 Å². The fraction of sp³-hybridized carbons (Fsp3) is 0.588. The lowest BCUT2D eigenvalue weighted by atomic mass is 10.1. The minimum absolute atomic E-state index is 0.0291. The molecule has 0 bridgehead atoms. The third-order valence-electron chi connectivity index (χ3n) is 4.35. The zero-order valence-corrected chi connectivity index (χ0v) is 13.5. The molecule has 1 saturated carbocycles. The molecule has 2 fully saturated rings. The van der Waals surface area contributed by atoms with Crippen LogP contribution in [0.3, 0.4) is 0 Å². The van der Waals surface area contributed by atoms with Crippen LogP contribution in [-0.4, -0.2) is 43.2 Å². The SMILES string of the molecule is O=C(CCN(CC1CCOC1)C1CC1)Nc1ccccc1Cl. The summed E-state index contributed by atoms with van der Waals surface area (Å²) in [7, 11) is 0. The molecule has 0 radical (unpaired) electrons. The minimum atomic E-state index is 0.0291. The summed E-state index contributed by atoms with van der Waals surface area (Å²) in [6.07, 6.45) is 4.18.